The van der Waals surface area contributed by atoms with E-state index >= 15 is 0 Å². The first-order valence-corrected chi connectivity index (χ1v) is 13.2. The number of hydrogen-bond donors (Lipinski definition) is 1. The van der Waals surface area contributed by atoms with Crippen LogP contribution < -0.4 is 4.72 Å². The van der Waals surface area contributed by atoms with Crippen LogP contribution in [0.1, 0.15) is 49.7 Å². The molecule has 0 spiro atoms. The average Bonchev–Trinajstić information content (AvgIpc) is 3.11. The van der Waals surface area contributed by atoms with Crippen LogP contribution >= 0.6 is 0 Å². The van der Waals surface area contributed by atoms with E-state index in [1.54, 1.807) is 0 Å². The summed E-state index contributed by atoms with van der Waals surface area (Å²) in [7, 11) is -3.34. The van der Waals surface area contributed by atoms with Crippen molar-refractivity contribution in [1.29, 1.82) is 0 Å². The van der Waals surface area contributed by atoms with Crippen molar-refractivity contribution in [2.24, 2.45) is 0 Å². The molecule has 2 heterocycles. The molecule has 0 radical (unpaired) electrons. The maximum Gasteiger partial charge on any atom is 0.222 e. The first kappa shape index (κ1) is 22.0. The fraction of sp³-hybridized carbons (Fsp3) is 0.480. The number of carbonyl (C=O) groups is 1. The number of fused-ring (bicyclic) bond motifs is 5. The summed E-state index contributed by atoms with van der Waals surface area (Å²) in [6.07, 6.45) is 8.26. The molecule has 5 nitrogen and oxygen atoms in total. The van der Waals surface area contributed by atoms with Crippen LogP contribution in [0, 0.1) is 0 Å². The van der Waals surface area contributed by atoms with Gasteiger partial charge in [-0.05, 0) is 54.4 Å². The van der Waals surface area contributed by atoms with Gasteiger partial charge in [0.05, 0.1) is 12.3 Å². The number of amides is 1. The second kappa shape index (κ2) is 9.53. The van der Waals surface area contributed by atoms with Gasteiger partial charge >= 0.3 is 0 Å². The molecule has 1 amide bonds. The van der Waals surface area contributed by atoms with Crippen LogP contribution in [-0.4, -0.2) is 44.1 Å². The van der Waals surface area contributed by atoms with Crippen LogP contribution in [0.4, 0.5) is 0 Å². The van der Waals surface area contributed by atoms with Crippen LogP contribution in [-0.2, 0) is 27.7 Å². The molecule has 1 N–H and O–H groups in total. The lowest BCUT2D eigenvalue weighted by Gasteiger charge is -2.29. The van der Waals surface area contributed by atoms with Gasteiger partial charge < -0.3 is 4.90 Å². The van der Waals surface area contributed by atoms with E-state index in [0.29, 0.717) is 25.8 Å². The molecular weight excluding hydrogens is 408 g/mol. The Bertz CT molecular complexity index is 1030. The summed E-state index contributed by atoms with van der Waals surface area (Å²) in [5.41, 5.74) is 4.95. The highest BCUT2D eigenvalue weighted by atomic mass is 32.2. The predicted octanol–water partition coefficient (Wildman–Crippen LogP) is 3.92. The third kappa shape index (κ3) is 5.55. The lowest BCUT2D eigenvalue weighted by molar-refractivity contribution is -0.132. The van der Waals surface area contributed by atoms with Crippen molar-refractivity contribution >= 4 is 15.9 Å². The number of rotatable bonds is 2. The summed E-state index contributed by atoms with van der Waals surface area (Å²) < 4.78 is 26.7. The quantitative estimate of drug-likeness (QED) is 0.770. The molecule has 1 saturated heterocycles. The normalized spacial score (nSPS) is 22.9. The van der Waals surface area contributed by atoms with Crippen LogP contribution in [0.5, 0.6) is 0 Å². The van der Waals surface area contributed by atoms with Crippen molar-refractivity contribution in [3.8, 4) is 11.1 Å². The fourth-order valence-corrected chi connectivity index (χ4v) is 5.87. The van der Waals surface area contributed by atoms with Gasteiger partial charge in [-0.15, -0.1) is 0 Å². The van der Waals surface area contributed by atoms with E-state index in [4.69, 9.17) is 0 Å². The predicted molar refractivity (Wildman–Crippen MR) is 124 cm³/mol. The van der Waals surface area contributed by atoms with Gasteiger partial charge in [-0.1, -0.05) is 61.4 Å². The number of sulfonamides is 1. The Morgan fingerprint density at radius 1 is 0.968 bits per heavy atom. The van der Waals surface area contributed by atoms with E-state index in [0.717, 1.165) is 37.7 Å². The van der Waals surface area contributed by atoms with Crippen molar-refractivity contribution in [3.63, 3.8) is 0 Å². The smallest absolute Gasteiger partial charge is 0.222 e. The summed E-state index contributed by atoms with van der Waals surface area (Å²) >= 11 is 0. The molecule has 2 aromatic carbocycles. The Kier molecular flexibility index (Phi) is 6.77. The van der Waals surface area contributed by atoms with Gasteiger partial charge in [0.25, 0.3) is 0 Å². The van der Waals surface area contributed by atoms with Gasteiger partial charge in [0.2, 0.25) is 15.9 Å². The third-order valence-electron chi connectivity index (χ3n) is 6.52. The van der Waals surface area contributed by atoms with E-state index < -0.39 is 10.0 Å². The first-order chi connectivity index (χ1) is 14.9. The van der Waals surface area contributed by atoms with E-state index in [1.807, 2.05) is 4.90 Å². The maximum absolute atomic E-state index is 13.0. The standard InChI is InChI=1S/C25H32N2O3S/c1-31(29,30)26-23-15-16-27-24(23)18-19-9-8-12-21(17-19)22-13-7-6-11-20(22)10-4-2-3-5-14-25(27)28/h6-9,11-13,17,23-24,26H,2-5,10,14-16,18H2,1H3. The van der Waals surface area contributed by atoms with E-state index in [-0.39, 0.29) is 18.0 Å². The van der Waals surface area contributed by atoms with Crippen LogP contribution in [0.3, 0.4) is 0 Å². The monoisotopic (exact) mass is 440 g/mol. The molecule has 6 heteroatoms. The number of aryl methyl sites for hydroxylation is 1. The zero-order valence-electron chi connectivity index (χ0n) is 18.2. The van der Waals surface area contributed by atoms with Gasteiger partial charge in [0, 0.05) is 19.0 Å². The zero-order valence-corrected chi connectivity index (χ0v) is 19.0. The van der Waals surface area contributed by atoms with Gasteiger partial charge in [0.1, 0.15) is 0 Å². The SMILES string of the molecule is CS(=O)(=O)NC1CCN2C(=O)CCCCCCc3ccccc3-c3cccc(c3)CC12. The third-order valence-corrected chi connectivity index (χ3v) is 7.25. The van der Waals surface area contributed by atoms with E-state index in [2.05, 4.69) is 53.3 Å². The highest BCUT2D eigenvalue weighted by molar-refractivity contribution is 7.88. The summed E-state index contributed by atoms with van der Waals surface area (Å²) in [5.74, 6) is 0.150. The lowest BCUT2D eigenvalue weighted by atomic mass is 9.93. The molecule has 31 heavy (non-hydrogen) atoms. The second-order valence-corrected chi connectivity index (χ2v) is 10.7. The molecule has 0 aliphatic carbocycles. The van der Waals surface area contributed by atoms with Crippen molar-refractivity contribution < 1.29 is 13.2 Å². The minimum absolute atomic E-state index is 0.150. The summed E-state index contributed by atoms with van der Waals surface area (Å²) in [6.45, 7) is 0.610. The van der Waals surface area contributed by atoms with Gasteiger partial charge in [-0.3, -0.25) is 4.79 Å². The van der Waals surface area contributed by atoms with Gasteiger partial charge in [0.15, 0.2) is 0 Å². The largest absolute Gasteiger partial charge is 0.338 e. The molecule has 2 aliphatic heterocycles. The number of nitrogens with one attached hydrogen (secondary N) is 1. The molecule has 1 fully saturated rings. The molecule has 2 bridgehead atoms. The number of benzene rings is 2. The van der Waals surface area contributed by atoms with Crippen LogP contribution in [0.25, 0.3) is 11.1 Å². The lowest BCUT2D eigenvalue weighted by Crippen LogP contribution is -2.47. The molecular formula is C25H32N2O3S. The molecule has 2 atom stereocenters. The molecule has 2 unspecified atom stereocenters. The minimum atomic E-state index is -3.34. The Hall–Kier alpha value is -2.18. The molecule has 4 rings (SSSR count). The number of carbonyl (C=O) groups excluding carboxylic acids is 1. The highest BCUT2D eigenvalue weighted by Gasteiger charge is 2.38. The Morgan fingerprint density at radius 2 is 1.74 bits per heavy atom. The Morgan fingerprint density at radius 3 is 2.55 bits per heavy atom. The minimum Gasteiger partial charge on any atom is -0.338 e. The van der Waals surface area contributed by atoms with Crippen molar-refractivity contribution in [2.75, 3.05) is 12.8 Å². The van der Waals surface area contributed by atoms with E-state index in [1.165, 1.54) is 22.9 Å². The average molecular weight is 441 g/mol. The van der Waals surface area contributed by atoms with Crippen LogP contribution in [0.2, 0.25) is 0 Å². The van der Waals surface area contributed by atoms with Crippen molar-refractivity contribution in [2.45, 2.75) is 63.5 Å². The number of nitrogens with zero attached hydrogens (tertiary/aromatic N) is 1. The molecule has 2 aromatic rings. The zero-order chi connectivity index (χ0) is 21.8. The second-order valence-electron chi connectivity index (χ2n) is 8.92. The molecule has 0 saturated carbocycles. The van der Waals surface area contributed by atoms with E-state index in [9.17, 15) is 13.2 Å². The first-order valence-electron chi connectivity index (χ1n) is 11.3. The summed E-state index contributed by atoms with van der Waals surface area (Å²) in [4.78, 5) is 14.9. The molecule has 166 valence electrons. The summed E-state index contributed by atoms with van der Waals surface area (Å²) in [6, 6.07) is 16.7. The maximum atomic E-state index is 13.0. The Balaban J connectivity index is 1.69. The van der Waals surface area contributed by atoms with Gasteiger partial charge in [-0.2, -0.15) is 0 Å². The molecule has 2 aliphatic rings. The van der Waals surface area contributed by atoms with Crippen molar-refractivity contribution in [3.05, 3.63) is 59.7 Å². The van der Waals surface area contributed by atoms with Crippen molar-refractivity contribution in [1.82, 2.24) is 9.62 Å². The Labute approximate surface area is 185 Å². The topological polar surface area (TPSA) is 66.5 Å². The van der Waals surface area contributed by atoms with Crippen LogP contribution in [0.15, 0.2) is 48.5 Å². The number of hydrogen-bond acceptors (Lipinski definition) is 3. The summed E-state index contributed by atoms with van der Waals surface area (Å²) in [5, 5.41) is 0. The molecule has 0 aromatic heterocycles. The highest BCUT2D eigenvalue weighted by Crippen LogP contribution is 2.29. The van der Waals surface area contributed by atoms with Gasteiger partial charge in [-0.25, -0.2) is 13.1 Å². The fourth-order valence-electron chi connectivity index (χ4n) is 5.04.